The predicted molar refractivity (Wildman–Crippen MR) is 70.7 cm³/mol. The molecule has 1 heterocycles. The van der Waals surface area contributed by atoms with Crippen molar-refractivity contribution in [3.8, 4) is 0 Å². The molecule has 1 aromatic heterocycles. The number of carboxylic acid groups (broad SMARTS) is 1. The van der Waals surface area contributed by atoms with Gasteiger partial charge in [-0.15, -0.1) is 11.8 Å². The maximum atomic E-state index is 11.1. The smallest absolute Gasteiger partial charge is 0.317 e. The number of carbonyl (C=O) groups is 1. The predicted octanol–water partition coefficient (Wildman–Crippen LogP) is 2.95. The van der Waals surface area contributed by atoms with Gasteiger partial charge in [0.15, 0.2) is 0 Å². The molecule has 98 valence electrons. The average molecular weight is 335 g/mol. The number of aliphatic carboxylic acids is 1. The Bertz CT molecular complexity index is 481. The van der Waals surface area contributed by atoms with Gasteiger partial charge in [-0.2, -0.15) is 0 Å². The molecule has 6 nitrogen and oxygen atoms in total. The third kappa shape index (κ3) is 3.42. The van der Waals surface area contributed by atoms with E-state index >= 15 is 0 Å². The number of halogens is 1. The van der Waals surface area contributed by atoms with Gasteiger partial charge in [-0.25, -0.2) is 0 Å². The van der Waals surface area contributed by atoms with E-state index in [1.165, 1.54) is 6.20 Å². The van der Waals surface area contributed by atoms with E-state index < -0.39 is 16.1 Å². The van der Waals surface area contributed by atoms with Crippen molar-refractivity contribution in [2.24, 2.45) is 5.92 Å². The fourth-order valence-corrected chi connectivity index (χ4v) is 2.90. The van der Waals surface area contributed by atoms with Crippen LogP contribution in [0.4, 0.5) is 5.69 Å². The van der Waals surface area contributed by atoms with E-state index in [1.807, 2.05) is 0 Å². The Morgan fingerprint density at radius 3 is 2.61 bits per heavy atom. The minimum atomic E-state index is -0.993. The monoisotopic (exact) mass is 334 g/mol. The molecule has 0 amide bonds. The number of rotatable bonds is 5. The van der Waals surface area contributed by atoms with E-state index in [4.69, 9.17) is 5.11 Å². The molecule has 18 heavy (non-hydrogen) atoms. The highest BCUT2D eigenvalue weighted by Gasteiger charge is 2.28. The van der Waals surface area contributed by atoms with Gasteiger partial charge in [0.2, 0.25) is 0 Å². The van der Waals surface area contributed by atoms with Gasteiger partial charge in [0.1, 0.15) is 16.3 Å². The highest BCUT2D eigenvalue weighted by atomic mass is 79.9. The van der Waals surface area contributed by atoms with E-state index in [0.717, 1.165) is 18.0 Å². The molecule has 8 heteroatoms. The first kappa shape index (κ1) is 14.9. The quantitative estimate of drug-likeness (QED) is 0.505. The van der Waals surface area contributed by atoms with Crippen LogP contribution in [0.3, 0.4) is 0 Å². The topological polar surface area (TPSA) is 93.3 Å². The van der Waals surface area contributed by atoms with Gasteiger partial charge in [0, 0.05) is 6.20 Å². The lowest BCUT2D eigenvalue weighted by molar-refractivity contribution is -0.388. The molecule has 1 N–H and O–H groups in total. The molecule has 0 saturated carbocycles. The zero-order valence-corrected chi connectivity index (χ0v) is 12.1. The number of nitro groups is 1. The first-order valence-corrected chi connectivity index (χ1v) is 6.69. The van der Waals surface area contributed by atoms with Crippen molar-refractivity contribution in [3.63, 3.8) is 0 Å². The van der Waals surface area contributed by atoms with Crippen LogP contribution in [0.15, 0.2) is 21.8 Å². The van der Waals surface area contributed by atoms with Crippen LogP contribution in [0.2, 0.25) is 0 Å². The van der Waals surface area contributed by atoms with E-state index in [2.05, 4.69) is 20.9 Å². The van der Waals surface area contributed by atoms with Crippen LogP contribution in [0.5, 0.6) is 0 Å². The fraction of sp³-hybridized carbons (Fsp3) is 0.400. The summed E-state index contributed by atoms with van der Waals surface area (Å²) in [6, 6.07) is 0. The minimum Gasteiger partial charge on any atom is -0.480 e. The Morgan fingerprint density at radius 2 is 2.17 bits per heavy atom. The summed E-state index contributed by atoms with van der Waals surface area (Å²) >= 11 is 4.12. The van der Waals surface area contributed by atoms with Gasteiger partial charge in [-0.3, -0.25) is 19.9 Å². The Balaban J connectivity index is 3.16. The van der Waals surface area contributed by atoms with Crippen LogP contribution >= 0.6 is 27.7 Å². The second-order valence-corrected chi connectivity index (χ2v) is 5.85. The number of hydrogen-bond acceptors (Lipinski definition) is 5. The van der Waals surface area contributed by atoms with Gasteiger partial charge >= 0.3 is 11.7 Å². The summed E-state index contributed by atoms with van der Waals surface area (Å²) in [6.07, 6.45) is 2.53. The van der Waals surface area contributed by atoms with Gasteiger partial charge in [-0.05, 0) is 21.8 Å². The second-order valence-electron chi connectivity index (χ2n) is 3.85. The van der Waals surface area contributed by atoms with Crippen LogP contribution in [-0.4, -0.2) is 26.2 Å². The summed E-state index contributed by atoms with van der Waals surface area (Å²) < 4.78 is 0.425. The van der Waals surface area contributed by atoms with Crippen molar-refractivity contribution >= 4 is 39.3 Å². The Hall–Kier alpha value is -1.15. The van der Waals surface area contributed by atoms with E-state index in [0.29, 0.717) is 4.47 Å². The highest BCUT2D eigenvalue weighted by Crippen LogP contribution is 2.39. The molecule has 0 radical (unpaired) electrons. The molecule has 1 atom stereocenters. The summed E-state index contributed by atoms with van der Waals surface area (Å²) in [5, 5.41) is 19.2. The molecule has 0 aliphatic rings. The standard InChI is InChI=1S/C10H11BrN2O4S/c1-5(2)8(10(14)15)18-9-6(11)3-12-4-7(9)13(16)17/h3-5,8H,1-2H3,(H,14,15). The molecule has 0 fully saturated rings. The van der Waals surface area contributed by atoms with Crippen LogP contribution in [0.1, 0.15) is 13.8 Å². The lowest BCUT2D eigenvalue weighted by atomic mass is 10.1. The Morgan fingerprint density at radius 1 is 1.56 bits per heavy atom. The molecule has 0 aliphatic heterocycles. The molecule has 0 spiro atoms. The zero-order valence-electron chi connectivity index (χ0n) is 9.66. The molecular weight excluding hydrogens is 324 g/mol. The number of nitrogens with zero attached hydrogens (tertiary/aromatic N) is 2. The maximum absolute atomic E-state index is 11.1. The zero-order chi connectivity index (χ0) is 13.9. The third-order valence-electron chi connectivity index (χ3n) is 2.12. The molecule has 0 aliphatic carbocycles. The summed E-state index contributed by atoms with van der Waals surface area (Å²) in [7, 11) is 0. The first-order chi connectivity index (χ1) is 8.34. The summed E-state index contributed by atoms with van der Waals surface area (Å²) in [5.74, 6) is -1.14. The molecule has 1 rings (SSSR count). The summed E-state index contributed by atoms with van der Waals surface area (Å²) in [4.78, 5) is 25.4. The lowest BCUT2D eigenvalue weighted by Crippen LogP contribution is -2.22. The van der Waals surface area contributed by atoms with Gasteiger partial charge in [0.25, 0.3) is 0 Å². The van der Waals surface area contributed by atoms with E-state index in [9.17, 15) is 14.9 Å². The van der Waals surface area contributed by atoms with Crippen molar-refractivity contribution in [1.29, 1.82) is 0 Å². The third-order valence-corrected chi connectivity index (χ3v) is 4.65. The number of thioether (sulfide) groups is 1. The second kappa shape index (κ2) is 6.14. The first-order valence-electron chi connectivity index (χ1n) is 5.02. The van der Waals surface area contributed by atoms with Crippen LogP contribution in [0, 0.1) is 16.0 Å². The van der Waals surface area contributed by atoms with Crippen molar-refractivity contribution < 1.29 is 14.8 Å². The van der Waals surface area contributed by atoms with Crippen molar-refractivity contribution in [2.75, 3.05) is 0 Å². The Labute approximate surface area is 116 Å². The SMILES string of the molecule is CC(C)C(Sc1c(Br)cncc1[N+](=O)[O-])C(=O)O. The van der Waals surface area contributed by atoms with Crippen LogP contribution in [0.25, 0.3) is 0 Å². The lowest BCUT2D eigenvalue weighted by Gasteiger charge is -2.16. The fourth-order valence-electron chi connectivity index (χ4n) is 1.26. The molecule has 1 unspecified atom stereocenters. The van der Waals surface area contributed by atoms with Gasteiger partial charge in [-0.1, -0.05) is 13.8 Å². The average Bonchev–Trinajstić information content (AvgIpc) is 2.25. The number of hydrogen-bond donors (Lipinski definition) is 1. The van der Waals surface area contributed by atoms with Crippen molar-refractivity contribution in [1.82, 2.24) is 4.98 Å². The molecule has 0 aromatic carbocycles. The summed E-state index contributed by atoms with van der Waals surface area (Å²) in [6.45, 7) is 3.51. The van der Waals surface area contributed by atoms with E-state index in [-0.39, 0.29) is 16.5 Å². The van der Waals surface area contributed by atoms with Gasteiger partial charge in [0.05, 0.1) is 9.40 Å². The van der Waals surface area contributed by atoms with Crippen molar-refractivity contribution in [2.45, 2.75) is 24.0 Å². The molecule has 0 bridgehead atoms. The van der Waals surface area contributed by atoms with Gasteiger partial charge < -0.3 is 5.11 Å². The molecule has 1 aromatic rings. The minimum absolute atomic E-state index is 0.146. The van der Waals surface area contributed by atoms with Crippen molar-refractivity contribution in [3.05, 3.63) is 27.0 Å². The molecule has 0 saturated heterocycles. The normalized spacial score (nSPS) is 12.4. The Kier molecular flexibility index (Phi) is 5.09. The van der Waals surface area contributed by atoms with Crippen LogP contribution in [-0.2, 0) is 4.79 Å². The maximum Gasteiger partial charge on any atom is 0.317 e. The number of pyridine rings is 1. The van der Waals surface area contributed by atoms with E-state index in [1.54, 1.807) is 13.8 Å². The highest BCUT2D eigenvalue weighted by molar-refractivity contribution is 9.10. The largest absolute Gasteiger partial charge is 0.480 e. The molecular formula is C10H11BrN2O4S. The summed E-state index contributed by atoms with van der Waals surface area (Å²) in [5.41, 5.74) is -0.193. The van der Waals surface area contributed by atoms with Crippen LogP contribution < -0.4 is 0 Å². The number of aromatic nitrogens is 1. The number of carboxylic acids is 1.